The van der Waals surface area contributed by atoms with Gasteiger partial charge in [-0.1, -0.05) is 66.2 Å². The monoisotopic (exact) mass is 498 g/mol. The summed E-state index contributed by atoms with van der Waals surface area (Å²) in [5.41, 5.74) is 5.09. The first-order chi connectivity index (χ1) is 17.6. The van der Waals surface area contributed by atoms with E-state index in [1.165, 1.54) is 0 Å². The van der Waals surface area contributed by atoms with Crippen molar-refractivity contribution in [1.82, 2.24) is 4.98 Å². The van der Waals surface area contributed by atoms with Crippen molar-refractivity contribution in [2.75, 3.05) is 18.0 Å². The van der Waals surface area contributed by atoms with Crippen molar-refractivity contribution >= 4 is 23.4 Å². The lowest BCUT2D eigenvalue weighted by molar-refractivity contribution is -0.142. The van der Waals surface area contributed by atoms with Gasteiger partial charge in [-0.15, -0.1) is 0 Å². The summed E-state index contributed by atoms with van der Waals surface area (Å²) in [4.78, 5) is 18.3. The van der Waals surface area contributed by atoms with Gasteiger partial charge in [0.25, 0.3) is 0 Å². The molecule has 0 unspecified atom stereocenters. The quantitative estimate of drug-likeness (QED) is 0.299. The summed E-state index contributed by atoms with van der Waals surface area (Å²) in [6.07, 6.45) is 1.27. The van der Waals surface area contributed by atoms with Crippen LogP contribution in [-0.4, -0.2) is 29.1 Å². The predicted molar refractivity (Wildman–Crippen MR) is 143 cm³/mol. The standard InChI is InChI=1S/C30H27ClN2O3/c31-25-14-12-23(13-15-25)22-10-8-21(9-11-22)20-36-28-6-2-1-4-26(28)27-5-3-7-29(32-27)33-18-16-24(17-19-33)30(34)35/h1-15,24H,16-20H2,(H,34,35). The molecule has 0 atom stereocenters. The summed E-state index contributed by atoms with van der Waals surface area (Å²) in [5, 5.41) is 10.0. The maximum atomic E-state index is 11.3. The van der Waals surface area contributed by atoms with Crippen LogP contribution in [0.15, 0.2) is 91.0 Å². The van der Waals surface area contributed by atoms with Crippen LogP contribution in [0, 0.1) is 5.92 Å². The van der Waals surface area contributed by atoms with E-state index in [2.05, 4.69) is 29.2 Å². The van der Waals surface area contributed by atoms with Crippen molar-refractivity contribution in [3.63, 3.8) is 0 Å². The molecule has 0 radical (unpaired) electrons. The number of nitrogens with zero attached hydrogens (tertiary/aromatic N) is 2. The third kappa shape index (κ3) is 5.52. The Morgan fingerprint density at radius 3 is 2.25 bits per heavy atom. The fourth-order valence-electron chi connectivity index (χ4n) is 4.51. The fraction of sp³-hybridized carbons (Fsp3) is 0.200. The fourth-order valence-corrected chi connectivity index (χ4v) is 4.63. The smallest absolute Gasteiger partial charge is 0.306 e. The first-order valence-corrected chi connectivity index (χ1v) is 12.5. The van der Waals surface area contributed by atoms with Gasteiger partial charge in [0.2, 0.25) is 0 Å². The van der Waals surface area contributed by atoms with E-state index in [-0.39, 0.29) is 5.92 Å². The van der Waals surface area contributed by atoms with Crippen LogP contribution >= 0.6 is 11.6 Å². The number of piperidine rings is 1. The molecular formula is C30H27ClN2O3. The van der Waals surface area contributed by atoms with Crippen molar-refractivity contribution in [3.05, 3.63) is 102 Å². The summed E-state index contributed by atoms with van der Waals surface area (Å²) in [6.45, 7) is 1.83. The van der Waals surface area contributed by atoms with E-state index in [0.29, 0.717) is 32.5 Å². The van der Waals surface area contributed by atoms with E-state index in [9.17, 15) is 9.90 Å². The molecule has 1 N–H and O–H groups in total. The third-order valence-corrected chi connectivity index (χ3v) is 6.84. The molecule has 6 heteroatoms. The molecule has 1 aliphatic rings. The number of carbonyl (C=O) groups is 1. The van der Waals surface area contributed by atoms with Gasteiger partial charge in [0.05, 0.1) is 11.6 Å². The lowest BCUT2D eigenvalue weighted by Crippen LogP contribution is -2.36. The van der Waals surface area contributed by atoms with Gasteiger partial charge in [-0.25, -0.2) is 4.98 Å². The van der Waals surface area contributed by atoms with Crippen LogP contribution in [0.2, 0.25) is 5.02 Å². The van der Waals surface area contributed by atoms with Gasteiger partial charge in [-0.3, -0.25) is 4.79 Å². The molecule has 2 heterocycles. The van der Waals surface area contributed by atoms with Crippen molar-refractivity contribution in [1.29, 1.82) is 0 Å². The Hall–Kier alpha value is -3.83. The second-order valence-electron chi connectivity index (χ2n) is 8.97. The predicted octanol–water partition coefficient (Wildman–Crippen LogP) is 6.95. The molecule has 3 aromatic carbocycles. The Morgan fingerprint density at radius 1 is 0.889 bits per heavy atom. The highest BCUT2D eigenvalue weighted by molar-refractivity contribution is 6.30. The Balaban J connectivity index is 1.28. The minimum absolute atomic E-state index is 0.265. The molecule has 0 saturated carbocycles. The van der Waals surface area contributed by atoms with Crippen molar-refractivity contribution in [2.45, 2.75) is 19.4 Å². The molecule has 5 nitrogen and oxygen atoms in total. The lowest BCUT2D eigenvalue weighted by Gasteiger charge is -2.31. The molecule has 0 aliphatic carbocycles. The number of para-hydroxylation sites is 1. The lowest BCUT2D eigenvalue weighted by atomic mass is 9.97. The van der Waals surface area contributed by atoms with Gasteiger partial charge in [0.15, 0.2) is 0 Å². The van der Waals surface area contributed by atoms with Gasteiger partial charge in [-0.2, -0.15) is 0 Å². The number of carboxylic acid groups (broad SMARTS) is 1. The number of carboxylic acids is 1. The van der Waals surface area contributed by atoms with Crippen LogP contribution in [0.3, 0.4) is 0 Å². The second-order valence-corrected chi connectivity index (χ2v) is 9.41. The topological polar surface area (TPSA) is 62.7 Å². The molecular weight excluding hydrogens is 472 g/mol. The van der Waals surface area contributed by atoms with Gasteiger partial charge in [0.1, 0.15) is 18.2 Å². The highest BCUT2D eigenvalue weighted by atomic mass is 35.5. The normalized spacial score (nSPS) is 14.0. The summed E-state index contributed by atoms with van der Waals surface area (Å²) < 4.78 is 6.23. The van der Waals surface area contributed by atoms with Crippen LogP contribution in [0.25, 0.3) is 22.4 Å². The highest BCUT2D eigenvalue weighted by Gasteiger charge is 2.25. The zero-order valence-corrected chi connectivity index (χ0v) is 20.6. The highest BCUT2D eigenvalue weighted by Crippen LogP contribution is 2.31. The van der Waals surface area contributed by atoms with Crippen LogP contribution in [0.1, 0.15) is 18.4 Å². The van der Waals surface area contributed by atoms with E-state index in [0.717, 1.165) is 44.5 Å². The number of anilines is 1. The molecule has 182 valence electrons. The molecule has 5 rings (SSSR count). The first kappa shape index (κ1) is 23.9. The zero-order valence-electron chi connectivity index (χ0n) is 19.8. The van der Waals surface area contributed by atoms with E-state index < -0.39 is 5.97 Å². The van der Waals surface area contributed by atoms with E-state index in [1.54, 1.807) is 0 Å². The van der Waals surface area contributed by atoms with Crippen LogP contribution in [0.4, 0.5) is 5.82 Å². The Labute approximate surface area is 216 Å². The van der Waals surface area contributed by atoms with Crippen LogP contribution in [0.5, 0.6) is 5.75 Å². The third-order valence-electron chi connectivity index (χ3n) is 6.59. The number of hydrogen-bond donors (Lipinski definition) is 1. The number of ether oxygens (including phenoxy) is 1. The zero-order chi connectivity index (χ0) is 24.9. The summed E-state index contributed by atoms with van der Waals surface area (Å²) in [5.74, 6) is 0.665. The average Bonchev–Trinajstić information content (AvgIpc) is 2.93. The number of hydrogen-bond acceptors (Lipinski definition) is 4. The van der Waals surface area contributed by atoms with Gasteiger partial charge in [0, 0.05) is 23.7 Å². The minimum atomic E-state index is -0.706. The van der Waals surface area contributed by atoms with E-state index >= 15 is 0 Å². The maximum absolute atomic E-state index is 11.3. The second kappa shape index (κ2) is 10.8. The number of aromatic nitrogens is 1. The number of aliphatic carboxylic acids is 1. The van der Waals surface area contributed by atoms with E-state index in [4.69, 9.17) is 21.3 Å². The molecule has 0 bridgehead atoms. The SMILES string of the molecule is O=C(O)C1CCN(c2cccc(-c3ccccc3OCc3ccc(-c4ccc(Cl)cc4)cc3)n2)CC1. The summed E-state index contributed by atoms with van der Waals surface area (Å²) in [6, 6.07) is 30.0. The Kier molecular flexibility index (Phi) is 7.19. The molecule has 36 heavy (non-hydrogen) atoms. The number of rotatable bonds is 7. The van der Waals surface area contributed by atoms with Crippen molar-refractivity contribution < 1.29 is 14.6 Å². The number of benzene rings is 3. The van der Waals surface area contributed by atoms with Gasteiger partial charge >= 0.3 is 5.97 Å². The van der Waals surface area contributed by atoms with E-state index in [1.807, 2.05) is 66.7 Å². The minimum Gasteiger partial charge on any atom is -0.488 e. The first-order valence-electron chi connectivity index (χ1n) is 12.1. The molecule has 0 spiro atoms. The maximum Gasteiger partial charge on any atom is 0.306 e. The molecule has 1 aromatic heterocycles. The molecule has 1 aliphatic heterocycles. The average molecular weight is 499 g/mol. The molecule has 1 saturated heterocycles. The van der Waals surface area contributed by atoms with Crippen molar-refractivity contribution in [3.8, 4) is 28.1 Å². The number of pyridine rings is 1. The number of halogens is 1. The van der Waals surface area contributed by atoms with Gasteiger partial charge < -0.3 is 14.7 Å². The largest absolute Gasteiger partial charge is 0.488 e. The Bertz CT molecular complexity index is 1330. The van der Waals surface area contributed by atoms with Crippen molar-refractivity contribution in [2.24, 2.45) is 5.92 Å². The molecule has 4 aromatic rings. The molecule has 1 fully saturated rings. The summed E-state index contributed by atoms with van der Waals surface area (Å²) >= 11 is 6.00. The Morgan fingerprint density at radius 2 is 1.56 bits per heavy atom. The molecule has 0 amide bonds. The van der Waals surface area contributed by atoms with Gasteiger partial charge in [-0.05, 0) is 65.9 Å². The van der Waals surface area contributed by atoms with Crippen LogP contribution in [-0.2, 0) is 11.4 Å². The summed E-state index contributed by atoms with van der Waals surface area (Å²) in [7, 11) is 0. The van der Waals surface area contributed by atoms with Crippen LogP contribution < -0.4 is 9.64 Å².